The molecule has 0 N–H and O–H groups in total. The van der Waals surface area contributed by atoms with Crippen molar-refractivity contribution in [1.82, 2.24) is 4.57 Å². The molecule has 0 radical (unpaired) electrons. The molecule has 2 nitrogen and oxygen atoms in total. The van der Waals surface area contributed by atoms with Crippen LogP contribution in [0.4, 0.5) is 0 Å². The predicted octanol–water partition coefficient (Wildman–Crippen LogP) is 3.36. The molecule has 0 aliphatic carbocycles. The van der Waals surface area contributed by atoms with Crippen LogP contribution in [0.1, 0.15) is 28.9 Å². The van der Waals surface area contributed by atoms with Crippen molar-refractivity contribution >= 4 is 27.7 Å². The van der Waals surface area contributed by atoms with Crippen molar-refractivity contribution in [2.45, 2.75) is 25.8 Å². The van der Waals surface area contributed by atoms with E-state index in [-0.39, 0.29) is 5.24 Å². The van der Waals surface area contributed by atoms with Crippen molar-refractivity contribution in [3.05, 3.63) is 35.5 Å². The smallest absolute Gasteiger partial charge is 0.253 e. The number of benzene rings is 1. The lowest BCUT2D eigenvalue weighted by atomic mass is 10.1. The second-order valence-electron chi connectivity index (χ2n) is 4.26. The second kappa shape index (κ2) is 3.63. The number of nitrogens with zero attached hydrogens (tertiary/aromatic N) is 1. The van der Waals surface area contributed by atoms with Gasteiger partial charge in [0, 0.05) is 28.7 Å². The first-order chi connectivity index (χ1) is 7.77. The predicted molar refractivity (Wildman–Crippen MR) is 65.1 cm³/mol. The third kappa shape index (κ3) is 1.37. The van der Waals surface area contributed by atoms with Crippen LogP contribution in [0.5, 0.6) is 0 Å². The number of hydrogen-bond donors (Lipinski definition) is 0. The van der Waals surface area contributed by atoms with Gasteiger partial charge in [0.1, 0.15) is 0 Å². The van der Waals surface area contributed by atoms with Crippen molar-refractivity contribution in [3.63, 3.8) is 0 Å². The van der Waals surface area contributed by atoms with Gasteiger partial charge in [-0.3, -0.25) is 4.79 Å². The zero-order valence-corrected chi connectivity index (χ0v) is 9.63. The molecule has 3 heteroatoms. The minimum atomic E-state index is -0.367. The number of rotatable bonds is 1. The summed E-state index contributed by atoms with van der Waals surface area (Å²) in [6.45, 7) is 1.05. The zero-order valence-electron chi connectivity index (χ0n) is 8.87. The Morgan fingerprint density at radius 1 is 1.31 bits per heavy atom. The minimum absolute atomic E-state index is 0.367. The Balaban J connectivity index is 2.33. The number of fused-ring (bicyclic) bond motifs is 3. The second-order valence-corrected chi connectivity index (χ2v) is 4.60. The highest BCUT2D eigenvalue weighted by atomic mass is 35.5. The average Bonchev–Trinajstić information content (AvgIpc) is 2.67. The van der Waals surface area contributed by atoms with Gasteiger partial charge in [0.25, 0.3) is 5.24 Å². The Morgan fingerprint density at radius 2 is 2.19 bits per heavy atom. The monoisotopic (exact) mass is 233 g/mol. The van der Waals surface area contributed by atoms with Crippen LogP contribution in [0.3, 0.4) is 0 Å². The van der Waals surface area contributed by atoms with Gasteiger partial charge in [0.2, 0.25) is 0 Å². The van der Waals surface area contributed by atoms with Crippen LogP contribution in [0.25, 0.3) is 10.9 Å². The van der Waals surface area contributed by atoms with Crippen LogP contribution in [-0.2, 0) is 13.0 Å². The molecule has 0 bridgehead atoms. The lowest BCUT2D eigenvalue weighted by Crippen LogP contribution is -2.08. The van der Waals surface area contributed by atoms with Crippen molar-refractivity contribution in [3.8, 4) is 0 Å². The van der Waals surface area contributed by atoms with E-state index in [1.54, 1.807) is 6.07 Å². The molecule has 1 aliphatic heterocycles. The molecule has 0 spiro atoms. The van der Waals surface area contributed by atoms with E-state index in [0.29, 0.717) is 5.56 Å². The molecule has 3 rings (SSSR count). The maximum Gasteiger partial charge on any atom is 0.253 e. The van der Waals surface area contributed by atoms with E-state index in [9.17, 15) is 4.79 Å². The van der Waals surface area contributed by atoms with Gasteiger partial charge >= 0.3 is 0 Å². The van der Waals surface area contributed by atoms with Gasteiger partial charge in [0.05, 0.1) is 0 Å². The lowest BCUT2D eigenvalue weighted by Gasteiger charge is -2.15. The number of aryl methyl sites for hydroxylation is 2. The number of carbonyl (C=O) groups is 1. The molecule has 1 aliphatic rings. The Morgan fingerprint density at radius 3 is 3.00 bits per heavy atom. The van der Waals surface area contributed by atoms with Crippen LogP contribution in [-0.4, -0.2) is 9.81 Å². The highest BCUT2D eigenvalue weighted by Gasteiger charge is 2.16. The first kappa shape index (κ1) is 9.91. The maximum atomic E-state index is 11.3. The molecule has 1 aromatic heterocycles. The lowest BCUT2D eigenvalue weighted by molar-refractivity contribution is 0.108. The Labute approximate surface area is 98.8 Å². The molecule has 0 fully saturated rings. The first-order valence-electron chi connectivity index (χ1n) is 5.58. The Hall–Kier alpha value is -1.28. The summed E-state index contributed by atoms with van der Waals surface area (Å²) in [5, 5.41) is 0.632. The van der Waals surface area contributed by atoms with Gasteiger partial charge in [-0.25, -0.2) is 0 Å². The summed E-state index contributed by atoms with van der Waals surface area (Å²) in [6.07, 6.45) is 3.56. The molecular formula is C13H12ClNO. The molecule has 2 heterocycles. The van der Waals surface area contributed by atoms with Gasteiger partial charge in [0.15, 0.2) is 0 Å². The molecule has 0 unspecified atom stereocenters. The fraction of sp³-hybridized carbons (Fsp3) is 0.308. The van der Waals surface area contributed by atoms with E-state index in [1.807, 2.05) is 6.07 Å². The van der Waals surface area contributed by atoms with E-state index in [4.69, 9.17) is 11.6 Å². The minimum Gasteiger partial charge on any atom is -0.345 e. The largest absolute Gasteiger partial charge is 0.345 e. The van der Waals surface area contributed by atoms with Crippen molar-refractivity contribution in [1.29, 1.82) is 0 Å². The molecule has 2 aromatic rings. The highest BCUT2D eigenvalue weighted by Crippen LogP contribution is 2.28. The van der Waals surface area contributed by atoms with Gasteiger partial charge < -0.3 is 4.57 Å². The summed E-state index contributed by atoms with van der Waals surface area (Å²) in [4.78, 5) is 11.3. The van der Waals surface area contributed by atoms with Crippen molar-refractivity contribution < 1.29 is 4.79 Å². The number of aromatic nitrogens is 1. The summed E-state index contributed by atoms with van der Waals surface area (Å²) in [6, 6.07) is 7.88. The maximum absolute atomic E-state index is 11.3. The standard InChI is InChI=1S/C13H12ClNO/c14-13(16)10-5-3-6-12-11(10)8-9-4-1-2-7-15(9)12/h3,5-6,8H,1-2,4,7H2. The van der Waals surface area contributed by atoms with Crippen molar-refractivity contribution in [2.24, 2.45) is 0 Å². The van der Waals surface area contributed by atoms with E-state index < -0.39 is 0 Å². The SMILES string of the molecule is O=C(Cl)c1cccc2c1cc1n2CCCC1. The quantitative estimate of drug-likeness (QED) is 0.693. The Kier molecular flexibility index (Phi) is 2.25. The summed E-state index contributed by atoms with van der Waals surface area (Å²) in [5.74, 6) is 0. The van der Waals surface area contributed by atoms with E-state index in [1.165, 1.54) is 18.5 Å². The number of halogens is 1. The molecule has 0 amide bonds. The molecule has 1 aromatic carbocycles. The molecule has 0 saturated heterocycles. The molecular weight excluding hydrogens is 222 g/mol. The number of hydrogen-bond acceptors (Lipinski definition) is 1. The molecule has 0 atom stereocenters. The van der Waals surface area contributed by atoms with Crippen LogP contribution in [0, 0.1) is 0 Å². The highest BCUT2D eigenvalue weighted by molar-refractivity contribution is 6.68. The summed E-state index contributed by atoms with van der Waals surface area (Å²) >= 11 is 5.60. The average molecular weight is 234 g/mol. The first-order valence-corrected chi connectivity index (χ1v) is 5.96. The fourth-order valence-electron chi connectivity index (χ4n) is 2.56. The number of carbonyl (C=O) groups excluding carboxylic acids is 1. The topological polar surface area (TPSA) is 22.0 Å². The third-order valence-corrected chi connectivity index (χ3v) is 3.51. The molecule has 16 heavy (non-hydrogen) atoms. The van der Waals surface area contributed by atoms with Crippen LogP contribution < -0.4 is 0 Å². The van der Waals surface area contributed by atoms with Crippen LogP contribution >= 0.6 is 11.6 Å². The van der Waals surface area contributed by atoms with Crippen molar-refractivity contribution in [2.75, 3.05) is 0 Å². The summed E-state index contributed by atoms with van der Waals surface area (Å²) in [5.41, 5.74) is 3.09. The third-order valence-electron chi connectivity index (χ3n) is 3.31. The fourth-order valence-corrected chi connectivity index (χ4v) is 2.72. The molecule has 82 valence electrons. The van der Waals surface area contributed by atoms with Crippen LogP contribution in [0.2, 0.25) is 0 Å². The van der Waals surface area contributed by atoms with Gasteiger partial charge in [-0.2, -0.15) is 0 Å². The van der Waals surface area contributed by atoms with Crippen LogP contribution in [0.15, 0.2) is 24.3 Å². The van der Waals surface area contributed by atoms with E-state index >= 15 is 0 Å². The van der Waals surface area contributed by atoms with Gasteiger partial charge in [-0.15, -0.1) is 0 Å². The summed E-state index contributed by atoms with van der Waals surface area (Å²) < 4.78 is 2.31. The van der Waals surface area contributed by atoms with Gasteiger partial charge in [-0.05, 0) is 49.1 Å². The molecule has 0 saturated carbocycles. The van der Waals surface area contributed by atoms with E-state index in [2.05, 4.69) is 16.7 Å². The van der Waals surface area contributed by atoms with Gasteiger partial charge in [-0.1, -0.05) is 6.07 Å². The normalized spacial score (nSPS) is 15.1. The Bertz CT molecular complexity index is 571. The van der Waals surface area contributed by atoms with E-state index in [0.717, 1.165) is 23.9 Å². The zero-order chi connectivity index (χ0) is 11.1. The summed E-state index contributed by atoms with van der Waals surface area (Å²) in [7, 11) is 0.